The topological polar surface area (TPSA) is 157 Å². The molecule has 0 spiro atoms. The Labute approximate surface area is 124 Å². The molecule has 1 atom stereocenters. The van der Waals surface area contributed by atoms with Gasteiger partial charge in [0.1, 0.15) is 6.04 Å². The van der Waals surface area contributed by atoms with Crippen LogP contribution in [0.2, 0.25) is 0 Å². The van der Waals surface area contributed by atoms with Crippen molar-refractivity contribution in [2.24, 2.45) is 0 Å². The second kappa shape index (κ2) is 9.15. The summed E-state index contributed by atoms with van der Waals surface area (Å²) in [7, 11) is 0. The van der Waals surface area contributed by atoms with Crippen molar-refractivity contribution in [3.63, 3.8) is 0 Å². The van der Waals surface area contributed by atoms with Crippen LogP contribution in [0.4, 0.5) is 4.79 Å². The second-order valence-electron chi connectivity index (χ2n) is 4.22. The number of nitrogens with one attached hydrogen (secondary N) is 2. The molecule has 1 rings (SSSR count). The molecule has 1 amide bonds. The Balaban J connectivity index is 2.23. The fourth-order valence-electron chi connectivity index (χ4n) is 1.51. The first kappa shape index (κ1) is 17.2. The van der Waals surface area contributed by atoms with Crippen LogP contribution < -0.4 is 5.32 Å². The Kier molecular flexibility index (Phi) is 7.16. The summed E-state index contributed by atoms with van der Waals surface area (Å²) in [6, 6.07) is -1.15. The Morgan fingerprint density at radius 1 is 1.45 bits per heavy atom. The molecule has 11 heteroatoms. The first-order valence-corrected chi connectivity index (χ1v) is 6.39. The Morgan fingerprint density at radius 3 is 2.77 bits per heavy atom. The number of nitrogens with zero attached hydrogens (tertiary/aromatic N) is 2. The van der Waals surface area contributed by atoms with Crippen LogP contribution in [0.1, 0.15) is 18.5 Å². The van der Waals surface area contributed by atoms with Gasteiger partial charge in [0.2, 0.25) is 0 Å². The number of H-pyrrole nitrogens is 1. The number of imidazole rings is 1. The number of aromatic amines is 1. The molecule has 0 aromatic carbocycles. The van der Waals surface area contributed by atoms with E-state index in [1.165, 1.54) is 12.5 Å². The normalized spacial score (nSPS) is 11.5. The molecule has 0 aliphatic heterocycles. The number of ether oxygens (including phenoxy) is 1. The smallest absolute Gasteiger partial charge is 0.407 e. The molecule has 1 heterocycles. The van der Waals surface area contributed by atoms with Crippen LogP contribution in [0.15, 0.2) is 12.5 Å². The van der Waals surface area contributed by atoms with Gasteiger partial charge in [0.25, 0.3) is 5.09 Å². The number of hydrogen-bond acceptors (Lipinski definition) is 7. The van der Waals surface area contributed by atoms with Gasteiger partial charge in [-0.3, -0.25) is 0 Å². The minimum absolute atomic E-state index is 0.00328. The molecular formula is C11H16N4O7. The van der Waals surface area contributed by atoms with Crippen LogP contribution in [-0.4, -0.2) is 51.5 Å². The second-order valence-corrected chi connectivity index (χ2v) is 4.22. The van der Waals surface area contributed by atoms with Gasteiger partial charge in [-0.2, -0.15) is 0 Å². The van der Waals surface area contributed by atoms with Crippen molar-refractivity contribution in [1.29, 1.82) is 0 Å². The molecule has 11 nitrogen and oxygen atoms in total. The molecule has 22 heavy (non-hydrogen) atoms. The minimum atomic E-state index is -1.20. The molecule has 1 aromatic rings. The van der Waals surface area contributed by atoms with Gasteiger partial charge in [-0.05, 0) is 12.8 Å². The highest BCUT2D eigenvalue weighted by Crippen LogP contribution is 2.00. The number of carbonyl (C=O) groups excluding carboxylic acids is 1. The van der Waals surface area contributed by atoms with E-state index in [-0.39, 0.29) is 19.6 Å². The summed E-state index contributed by atoms with van der Waals surface area (Å²) in [5, 5.41) is 20.2. The van der Waals surface area contributed by atoms with Gasteiger partial charge in [0.15, 0.2) is 0 Å². The van der Waals surface area contributed by atoms with Crippen molar-refractivity contribution in [3.8, 4) is 0 Å². The van der Waals surface area contributed by atoms with E-state index in [1.54, 1.807) is 0 Å². The lowest BCUT2D eigenvalue weighted by molar-refractivity contribution is -0.757. The fraction of sp³-hybridized carbons (Fsp3) is 0.545. The van der Waals surface area contributed by atoms with Crippen LogP contribution in [0.25, 0.3) is 0 Å². The highest BCUT2D eigenvalue weighted by molar-refractivity contribution is 5.80. The van der Waals surface area contributed by atoms with E-state index < -0.39 is 23.2 Å². The molecular weight excluding hydrogens is 300 g/mol. The van der Waals surface area contributed by atoms with E-state index in [0.29, 0.717) is 18.5 Å². The maximum Gasteiger partial charge on any atom is 0.407 e. The zero-order valence-corrected chi connectivity index (χ0v) is 11.6. The first-order chi connectivity index (χ1) is 10.5. The van der Waals surface area contributed by atoms with E-state index in [1.807, 2.05) is 0 Å². The summed E-state index contributed by atoms with van der Waals surface area (Å²) in [4.78, 5) is 43.0. The molecule has 0 aliphatic carbocycles. The van der Waals surface area contributed by atoms with Crippen molar-refractivity contribution in [2.75, 3.05) is 13.2 Å². The number of amides is 1. The maximum absolute atomic E-state index is 11.5. The highest BCUT2D eigenvalue weighted by Gasteiger charge is 2.21. The summed E-state index contributed by atoms with van der Waals surface area (Å²) >= 11 is 0. The molecule has 0 aliphatic rings. The summed E-state index contributed by atoms with van der Waals surface area (Å²) < 4.78 is 4.78. The molecule has 0 saturated carbocycles. The zero-order chi connectivity index (χ0) is 16.4. The summed E-state index contributed by atoms with van der Waals surface area (Å²) in [5.41, 5.74) is 0.560. The fourth-order valence-corrected chi connectivity index (χ4v) is 1.51. The third-order valence-corrected chi connectivity index (χ3v) is 2.54. The number of hydrogen-bond donors (Lipinski definition) is 3. The van der Waals surface area contributed by atoms with Crippen LogP contribution in [-0.2, 0) is 20.8 Å². The third kappa shape index (κ3) is 7.07. The Hall–Kier alpha value is -2.85. The lowest BCUT2D eigenvalue weighted by Crippen LogP contribution is -2.42. The minimum Gasteiger partial charge on any atom is -0.480 e. The number of aromatic nitrogens is 2. The predicted molar refractivity (Wildman–Crippen MR) is 70.4 cm³/mol. The van der Waals surface area contributed by atoms with Gasteiger partial charge in [0.05, 0.1) is 19.5 Å². The number of unbranched alkanes of at least 4 members (excludes halogenated alkanes) is 1. The van der Waals surface area contributed by atoms with Crippen LogP contribution in [0.5, 0.6) is 0 Å². The molecule has 0 saturated heterocycles. The lowest BCUT2D eigenvalue weighted by Gasteiger charge is -2.13. The van der Waals surface area contributed by atoms with Crippen LogP contribution >= 0.6 is 0 Å². The number of carboxylic acids is 1. The summed E-state index contributed by atoms with van der Waals surface area (Å²) in [6.07, 6.45) is 2.73. The largest absolute Gasteiger partial charge is 0.480 e. The van der Waals surface area contributed by atoms with Crippen molar-refractivity contribution in [3.05, 3.63) is 28.3 Å². The van der Waals surface area contributed by atoms with Crippen LogP contribution in [0.3, 0.4) is 0 Å². The summed E-state index contributed by atoms with van der Waals surface area (Å²) in [5.74, 6) is -1.20. The lowest BCUT2D eigenvalue weighted by atomic mass is 10.2. The first-order valence-electron chi connectivity index (χ1n) is 6.39. The number of carboxylic acid groups (broad SMARTS) is 1. The molecule has 1 unspecified atom stereocenters. The van der Waals surface area contributed by atoms with Crippen molar-refractivity contribution in [1.82, 2.24) is 15.3 Å². The van der Waals surface area contributed by atoms with Gasteiger partial charge < -0.3 is 25.0 Å². The number of carbonyl (C=O) groups is 2. The molecule has 0 fully saturated rings. The maximum atomic E-state index is 11.5. The Bertz CT molecular complexity index is 491. The van der Waals surface area contributed by atoms with Gasteiger partial charge in [-0.15, -0.1) is 10.1 Å². The van der Waals surface area contributed by atoms with Crippen LogP contribution in [0, 0.1) is 10.1 Å². The van der Waals surface area contributed by atoms with Gasteiger partial charge in [0, 0.05) is 18.3 Å². The molecule has 1 aromatic heterocycles. The number of rotatable bonds is 10. The van der Waals surface area contributed by atoms with Gasteiger partial charge in [-0.25, -0.2) is 14.6 Å². The quantitative estimate of drug-likeness (QED) is 0.312. The van der Waals surface area contributed by atoms with Crippen molar-refractivity contribution >= 4 is 12.1 Å². The average molecular weight is 316 g/mol. The Morgan fingerprint density at radius 2 is 2.18 bits per heavy atom. The van der Waals surface area contributed by atoms with E-state index in [9.17, 15) is 19.7 Å². The highest BCUT2D eigenvalue weighted by atomic mass is 16.9. The number of aliphatic carboxylic acids is 1. The van der Waals surface area contributed by atoms with E-state index in [2.05, 4.69) is 20.1 Å². The van der Waals surface area contributed by atoms with Crippen molar-refractivity contribution < 1.29 is 29.4 Å². The third-order valence-electron chi connectivity index (χ3n) is 2.54. The SMILES string of the molecule is O=C(NC(Cc1cnc[nH]1)C(=O)O)OCCCCO[N+](=O)[O-]. The average Bonchev–Trinajstić information content (AvgIpc) is 2.94. The monoisotopic (exact) mass is 316 g/mol. The predicted octanol–water partition coefficient (Wildman–Crippen LogP) is 0.120. The van der Waals surface area contributed by atoms with E-state index >= 15 is 0 Å². The van der Waals surface area contributed by atoms with Crippen molar-refractivity contribution in [2.45, 2.75) is 25.3 Å². The standard InChI is InChI=1S/C11H16N4O7/c16-10(17)9(5-8-6-12-7-13-8)14-11(18)21-3-1-2-4-22-15(19)20/h6-7,9H,1-5H2,(H,12,13)(H,14,18)(H,16,17). The molecule has 0 bridgehead atoms. The zero-order valence-electron chi connectivity index (χ0n) is 11.6. The van der Waals surface area contributed by atoms with E-state index in [0.717, 1.165) is 0 Å². The molecule has 122 valence electrons. The van der Waals surface area contributed by atoms with Gasteiger partial charge in [-0.1, -0.05) is 0 Å². The molecule has 0 radical (unpaired) electrons. The molecule has 3 N–H and O–H groups in total. The summed E-state index contributed by atoms with van der Waals surface area (Å²) in [6.45, 7) is -0.0845. The number of alkyl carbamates (subject to hydrolysis) is 1. The van der Waals surface area contributed by atoms with E-state index in [4.69, 9.17) is 9.84 Å². The van der Waals surface area contributed by atoms with Gasteiger partial charge >= 0.3 is 12.1 Å².